The topological polar surface area (TPSA) is 61.8 Å². The number of carbonyl (C=O) groups excluding carboxylic acids is 2. The molecule has 5 nitrogen and oxygen atoms in total. The number of rotatable bonds is 10. The Kier molecular flexibility index (Phi) is 8.02. The summed E-state index contributed by atoms with van der Waals surface area (Å²) in [7, 11) is 0. The fraction of sp³-hybridized carbons (Fsp3) is 0.481. The van der Waals surface area contributed by atoms with Gasteiger partial charge in [0.2, 0.25) is 17.4 Å². The molecule has 0 fully saturated rings. The van der Waals surface area contributed by atoms with E-state index in [1.807, 2.05) is 38.1 Å². The van der Waals surface area contributed by atoms with Gasteiger partial charge in [-0.15, -0.1) is 0 Å². The summed E-state index contributed by atoms with van der Waals surface area (Å²) < 4.78 is 17.2. The Morgan fingerprint density at radius 2 is 1.31 bits per heavy atom. The van der Waals surface area contributed by atoms with E-state index < -0.39 is 11.4 Å². The molecule has 0 spiro atoms. The van der Waals surface area contributed by atoms with Crippen molar-refractivity contribution in [3.63, 3.8) is 0 Å². The van der Waals surface area contributed by atoms with Crippen molar-refractivity contribution in [2.24, 2.45) is 0 Å². The van der Waals surface area contributed by atoms with Gasteiger partial charge in [-0.05, 0) is 57.7 Å². The van der Waals surface area contributed by atoms with Crippen molar-refractivity contribution in [3.8, 4) is 5.75 Å². The highest BCUT2D eigenvalue weighted by atomic mass is 16.7. The predicted octanol–water partition coefficient (Wildman–Crippen LogP) is 6.00. The van der Waals surface area contributed by atoms with Crippen molar-refractivity contribution in [2.75, 3.05) is 13.2 Å². The van der Waals surface area contributed by atoms with Crippen LogP contribution in [-0.2, 0) is 14.9 Å². The molecule has 2 aromatic carbocycles. The van der Waals surface area contributed by atoms with Gasteiger partial charge in [0.05, 0.1) is 0 Å². The van der Waals surface area contributed by atoms with Crippen LogP contribution in [0.25, 0.3) is 0 Å². The van der Waals surface area contributed by atoms with Gasteiger partial charge < -0.3 is 14.2 Å². The van der Waals surface area contributed by atoms with E-state index in [-0.39, 0.29) is 17.0 Å². The normalized spacial score (nSPS) is 12.5. The monoisotopic (exact) mass is 440 g/mol. The molecule has 0 heterocycles. The largest absolute Gasteiger partial charge is 0.480 e. The fourth-order valence-corrected chi connectivity index (χ4v) is 3.50. The number of Topliss-reactive ketones (excluding diaryl/α,β-unsaturated/α-hetero) is 2. The Morgan fingerprint density at radius 3 is 1.81 bits per heavy atom. The number of carbonyl (C=O) groups is 2. The Balaban J connectivity index is 2.24. The van der Waals surface area contributed by atoms with E-state index in [2.05, 4.69) is 20.8 Å². The summed E-state index contributed by atoms with van der Waals surface area (Å²) in [5.74, 6) is -1.38. The zero-order valence-electron chi connectivity index (χ0n) is 20.6. The SMILES string of the molecule is CCOC(C)(OCC)C(=O)c1cccc(OC(C)(C)C(=O)c2ccc(C(C)(C)C)cc2)c1. The van der Waals surface area contributed by atoms with Crippen LogP contribution < -0.4 is 4.74 Å². The van der Waals surface area contributed by atoms with Crippen LogP contribution in [-0.4, -0.2) is 36.2 Å². The van der Waals surface area contributed by atoms with Gasteiger partial charge in [0.25, 0.3) is 0 Å². The molecule has 32 heavy (non-hydrogen) atoms. The van der Waals surface area contributed by atoms with Crippen LogP contribution in [0.2, 0.25) is 0 Å². The maximum absolute atomic E-state index is 13.1. The quantitative estimate of drug-likeness (QED) is 0.335. The van der Waals surface area contributed by atoms with E-state index in [4.69, 9.17) is 14.2 Å². The smallest absolute Gasteiger partial charge is 0.230 e. The summed E-state index contributed by atoms with van der Waals surface area (Å²) in [5.41, 5.74) is 1.03. The van der Waals surface area contributed by atoms with Crippen molar-refractivity contribution in [2.45, 2.75) is 72.2 Å². The molecule has 0 saturated carbocycles. The van der Waals surface area contributed by atoms with Gasteiger partial charge in [-0.2, -0.15) is 0 Å². The molecule has 2 aromatic rings. The van der Waals surface area contributed by atoms with Crippen LogP contribution in [0.4, 0.5) is 0 Å². The van der Waals surface area contributed by atoms with Gasteiger partial charge in [0.15, 0.2) is 5.60 Å². The first-order valence-electron chi connectivity index (χ1n) is 11.1. The average molecular weight is 441 g/mol. The summed E-state index contributed by atoms with van der Waals surface area (Å²) in [6, 6.07) is 14.4. The molecule has 174 valence electrons. The number of hydrogen-bond acceptors (Lipinski definition) is 5. The molecular formula is C27H36O5. The molecule has 0 aliphatic carbocycles. The van der Waals surface area contributed by atoms with Gasteiger partial charge in [-0.1, -0.05) is 57.2 Å². The van der Waals surface area contributed by atoms with Gasteiger partial charge in [0.1, 0.15) is 5.75 Å². The van der Waals surface area contributed by atoms with E-state index in [9.17, 15) is 9.59 Å². The zero-order valence-corrected chi connectivity index (χ0v) is 20.6. The first-order chi connectivity index (χ1) is 14.8. The number of benzene rings is 2. The molecule has 0 aromatic heterocycles. The average Bonchev–Trinajstić information content (AvgIpc) is 2.72. The predicted molar refractivity (Wildman–Crippen MR) is 127 cm³/mol. The van der Waals surface area contributed by atoms with E-state index in [0.29, 0.717) is 30.1 Å². The summed E-state index contributed by atoms with van der Waals surface area (Å²) in [6.45, 7) is 15.8. The second kappa shape index (κ2) is 9.97. The maximum Gasteiger partial charge on any atom is 0.230 e. The van der Waals surface area contributed by atoms with E-state index in [0.717, 1.165) is 5.56 Å². The highest BCUT2D eigenvalue weighted by Crippen LogP contribution is 2.27. The molecule has 5 heteroatoms. The minimum Gasteiger partial charge on any atom is -0.480 e. The lowest BCUT2D eigenvalue weighted by Crippen LogP contribution is -2.41. The molecule has 0 bridgehead atoms. The third kappa shape index (κ3) is 6.05. The molecule has 2 rings (SSSR count). The Hall–Kier alpha value is -2.50. The molecule has 0 atom stereocenters. The van der Waals surface area contributed by atoms with Crippen LogP contribution in [0, 0.1) is 0 Å². The summed E-state index contributed by atoms with van der Waals surface area (Å²) >= 11 is 0. The molecule has 0 aliphatic rings. The van der Waals surface area contributed by atoms with Crippen molar-refractivity contribution in [1.82, 2.24) is 0 Å². The van der Waals surface area contributed by atoms with Crippen LogP contribution >= 0.6 is 0 Å². The van der Waals surface area contributed by atoms with Crippen molar-refractivity contribution in [3.05, 3.63) is 65.2 Å². The van der Waals surface area contributed by atoms with Crippen molar-refractivity contribution >= 4 is 11.6 Å². The van der Waals surface area contributed by atoms with E-state index in [1.54, 1.807) is 45.0 Å². The summed E-state index contributed by atoms with van der Waals surface area (Å²) in [4.78, 5) is 26.2. The van der Waals surface area contributed by atoms with Gasteiger partial charge >= 0.3 is 0 Å². The highest BCUT2D eigenvalue weighted by molar-refractivity contribution is 6.03. The van der Waals surface area contributed by atoms with Crippen LogP contribution in [0.3, 0.4) is 0 Å². The molecule has 0 radical (unpaired) electrons. The molecule has 0 saturated heterocycles. The van der Waals surface area contributed by atoms with Gasteiger partial charge in [-0.3, -0.25) is 9.59 Å². The first kappa shape index (κ1) is 25.8. The first-order valence-corrected chi connectivity index (χ1v) is 11.1. The Bertz CT molecular complexity index is 929. The fourth-order valence-electron chi connectivity index (χ4n) is 3.50. The minimum absolute atomic E-state index is 0.0120. The Morgan fingerprint density at radius 1 is 0.750 bits per heavy atom. The van der Waals surface area contributed by atoms with Crippen LogP contribution in [0.1, 0.15) is 81.7 Å². The molecule has 0 N–H and O–H groups in total. The molecule has 0 aliphatic heterocycles. The number of ether oxygens (including phenoxy) is 3. The lowest BCUT2D eigenvalue weighted by Gasteiger charge is -2.28. The van der Waals surface area contributed by atoms with Crippen LogP contribution in [0.5, 0.6) is 5.75 Å². The van der Waals surface area contributed by atoms with Crippen molar-refractivity contribution in [1.29, 1.82) is 0 Å². The van der Waals surface area contributed by atoms with E-state index >= 15 is 0 Å². The number of ketones is 2. The maximum atomic E-state index is 13.1. The zero-order chi connectivity index (χ0) is 24.2. The number of hydrogen-bond donors (Lipinski definition) is 0. The molecular weight excluding hydrogens is 404 g/mol. The van der Waals surface area contributed by atoms with Crippen molar-refractivity contribution < 1.29 is 23.8 Å². The minimum atomic E-state index is -1.37. The summed E-state index contributed by atoms with van der Waals surface area (Å²) in [5, 5.41) is 0. The highest BCUT2D eigenvalue weighted by Gasteiger charge is 2.36. The standard InChI is InChI=1S/C27H36O5/c1-9-30-27(8,31-10-2)24(29)20-12-11-13-22(18-20)32-26(6,7)23(28)19-14-16-21(17-15-19)25(3,4)5/h11-18H,9-10H2,1-8H3. The van der Waals surface area contributed by atoms with Crippen LogP contribution in [0.15, 0.2) is 48.5 Å². The lowest BCUT2D eigenvalue weighted by atomic mass is 9.85. The summed E-state index contributed by atoms with van der Waals surface area (Å²) in [6.07, 6.45) is 0. The Labute approximate surface area is 192 Å². The van der Waals surface area contributed by atoms with Gasteiger partial charge in [0, 0.05) is 24.3 Å². The molecule has 0 amide bonds. The lowest BCUT2D eigenvalue weighted by molar-refractivity contribution is -0.184. The molecule has 0 unspecified atom stereocenters. The third-order valence-corrected chi connectivity index (χ3v) is 5.28. The van der Waals surface area contributed by atoms with E-state index in [1.165, 1.54) is 0 Å². The van der Waals surface area contributed by atoms with Gasteiger partial charge in [-0.25, -0.2) is 0 Å². The third-order valence-electron chi connectivity index (χ3n) is 5.28. The second-order valence-electron chi connectivity index (χ2n) is 9.44. The second-order valence-corrected chi connectivity index (χ2v) is 9.44.